The van der Waals surface area contributed by atoms with Gasteiger partial charge in [-0.3, -0.25) is 0 Å². The van der Waals surface area contributed by atoms with Gasteiger partial charge >= 0.3 is 18.0 Å². The Hall–Kier alpha value is -3.44. The van der Waals surface area contributed by atoms with Gasteiger partial charge in [0.05, 0.1) is 12.6 Å². The Morgan fingerprint density at radius 1 is 1.14 bits per heavy atom. The number of thiazole rings is 1. The van der Waals surface area contributed by atoms with E-state index in [0.29, 0.717) is 10.6 Å². The number of hydrogen-bond acceptors (Lipinski definition) is 9. The van der Waals surface area contributed by atoms with E-state index >= 15 is 0 Å². The number of ether oxygens (including phenoxy) is 3. The zero-order chi connectivity index (χ0) is 27.5. The maximum atomic E-state index is 13.1. The van der Waals surface area contributed by atoms with Crippen LogP contribution in [0.25, 0.3) is 10.9 Å². The molecule has 2 heterocycles. The van der Waals surface area contributed by atoms with E-state index in [2.05, 4.69) is 10.3 Å². The Morgan fingerprint density at radius 2 is 1.81 bits per heavy atom. The smallest absolute Gasteiger partial charge is 0.408 e. The highest BCUT2D eigenvalue weighted by Crippen LogP contribution is 2.32. The molecular weight excluding hydrogens is 498 g/mol. The lowest BCUT2D eigenvalue weighted by Gasteiger charge is -2.30. The maximum Gasteiger partial charge on any atom is 0.408 e. The lowest BCUT2D eigenvalue weighted by molar-refractivity contribution is -0.152. The van der Waals surface area contributed by atoms with E-state index in [-0.39, 0.29) is 12.4 Å². The lowest BCUT2D eigenvalue weighted by Crippen LogP contribution is -2.51. The van der Waals surface area contributed by atoms with E-state index in [9.17, 15) is 19.5 Å². The second kappa shape index (κ2) is 10.9. The van der Waals surface area contributed by atoms with Gasteiger partial charge in [0.2, 0.25) is 0 Å². The second-order valence-corrected chi connectivity index (χ2v) is 11.5. The number of methoxy groups -OCH3 is 1. The van der Waals surface area contributed by atoms with Gasteiger partial charge in [0.15, 0.2) is 12.4 Å². The van der Waals surface area contributed by atoms with Gasteiger partial charge in [-0.2, -0.15) is 0 Å². The minimum Gasteiger partial charge on any atom is -0.464 e. The highest BCUT2D eigenvalue weighted by Gasteiger charge is 2.35. The highest BCUT2D eigenvalue weighted by molar-refractivity contribution is 7.09. The van der Waals surface area contributed by atoms with Crippen LogP contribution in [0.1, 0.15) is 68.7 Å². The predicted molar refractivity (Wildman–Crippen MR) is 138 cm³/mol. The summed E-state index contributed by atoms with van der Waals surface area (Å²) >= 11 is 1.14. The molecule has 3 rings (SSSR count). The second-order valence-electron chi connectivity index (χ2n) is 10.6. The minimum absolute atomic E-state index is 0.116. The van der Waals surface area contributed by atoms with Gasteiger partial charge in [0.25, 0.3) is 0 Å². The van der Waals surface area contributed by atoms with Crippen LogP contribution in [0.15, 0.2) is 35.8 Å². The molecule has 1 amide bonds. The minimum atomic E-state index is -1.11. The first-order chi connectivity index (χ1) is 17.2. The van der Waals surface area contributed by atoms with Crippen LogP contribution in [0.5, 0.6) is 0 Å². The van der Waals surface area contributed by atoms with Gasteiger partial charge in [-0.25, -0.2) is 19.4 Å². The first-order valence-corrected chi connectivity index (χ1v) is 12.5. The summed E-state index contributed by atoms with van der Waals surface area (Å²) in [4.78, 5) is 41.4. The van der Waals surface area contributed by atoms with Crippen LogP contribution in [-0.2, 0) is 25.7 Å². The fourth-order valence-corrected chi connectivity index (χ4v) is 4.40. The van der Waals surface area contributed by atoms with Crippen molar-refractivity contribution in [2.45, 2.75) is 66.0 Å². The number of nitrogens with one attached hydrogen (secondary N) is 1. The summed E-state index contributed by atoms with van der Waals surface area (Å²) in [6.07, 6.45) is -0.146. The largest absolute Gasteiger partial charge is 0.464 e. The van der Waals surface area contributed by atoms with E-state index in [0.717, 1.165) is 22.2 Å². The van der Waals surface area contributed by atoms with Crippen molar-refractivity contribution in [1.29, 1.82) is 0 Å². The van der Waals surface area contributed by atoms with Gasteiger partial charge in [0.1, 0.15) is 22.8 Å². The number of aliphatic hydroxyl groups is 1. The number of hydrogen-bond donors (Lipinski definition) is 2. The number of rotatable bonds is 7. The number of carbonyl (C=O) groups excluding carboxylic acids is 3. The van der Waals surface area contributed by atoms with E-state index in [4.69, 9.17) is 14.2 Å². The van der Waals surface area contributed by atoms with E-state index in [1.54, 1.807) is 31.5 Å². The molecule has 2 unspecified atom stereocenters. The number of aromatic nitrogens is 2. The van der Waals surface area contributed by atoms with Crippen LogP contribution in [0.2, 0.25) is 0 Å². The van der Waals surface area contributed by atoms with Crippen molar-refractivity contribution >= 4 is 40.3 Å². The number of nitrogens with zero attached hydrogens (tertiary/aromatic N) is 2. The Bertz CT molecular complexity index is 1280. The summed E-state index contributed by atoms with van der Waals surface area (Å²) in [5, 5.41) is 16.3. The van der Waals surface area contributed by atoms with Crippen molar-refractivity contribution in [1.82, 2.24) is 14.9 Å². The van der Waals surface area contributed by atoms with Gasteiger partial charge in [-0.05, 0) is 32.3 Å². The third-order valence-corrected chi connectivity index (χ3v) is 6.27. The van der Waals surface area contributed by atoms with Crippen LogP contribution in [0.4, 0.5) is 4.79 Å². The van der Waals surface area contributed by atoms with Gasteiger partial charge in [-0.1, -0.05) is 39.0 Å². The first-order valence-electron chi connectivity index (χ1n) is 11.7. The lowest BCUT2D eigenvalue weighted by atomic mass is 9.87. The number of benzene rings is 1. The Balaban J connectivity index is 1.82. The molecule has 0 saturated heterocycles. The van der Waals surface area contributed by atoms with Crippen LogP contribution in [0.3, 0.4) is 0 Å². The number of fused-ring (bicyclic) bond motifs is 1. The fraction of sp³-hybridized carbons (Fsp3) is 0.462. The van der Waals surface area contributed by atoms with Crippen molar-refractivity contribution in [3.8, 4) is 0 Å². The van der Waals surface area contributed by atoms with Gasteiger partial charge in [-0.15, -0.1) is 11.3 Å². The molecule has 0 spiro atoms. The number of amides is 1. The number of alkyl carbamates (subject to hydrolysis) is 1. The predicted octanol–water partition coefficient (Wildman–Crippen LogP) is 4.41. The summed E-state index contributed by atoms with van der Waals surface area (Å²) < 4.78 is 17.3. The van der Waals surface area contributed by atoms with E-state index in [1.807, 2.05) is 45.0 Å². The topological polar surface area (TPSA) is 129 Å². The summed E-state index contributed by atoms with van der Waals surface area (Å²) in [7, 11) is 1.26. The third-order valence-electron chi connectivity index (χ3n) is 5.37. The molecular formula is C26H33N3O7S. The van der Waals surface area contributed by atoms with Crippen molar-refractivity contribution in [2.24, 2.45) is 5.41 Å². The molecule has 0 aliphatic carbocycles. The molecule has 37 heavy (non-hydrogen) atoms. The van der Waals surface area contributed by atoms with Crippen LogP contribution >= 0.6 is 11.3 Å². The standard InChI is InChI=1S/C26H33N3O7S/c1-25(2,3)20(28-24(33)36-26(4,5)6)23(32)35-14-29-12-16(15-10-8-9-11-18(15)29)19(30)21-27-17(13-37-21)22(31)34-7/h8-13,19-20,30H,14H2,1-7H3,(H,28,33). The maximum absolute atomic E-state index is 13.1. The average molecular weight is 532 g/mol. The zero-order valence-electron chi connectivity index (χ0n) is 22.0. The molecule has 11 heteroatoms. The van der Waals surface area contributed by atoms with E-state index in [1.165, 1.54) is 12.5 Å². The van der Waals surface area contributed by atoms with Crippen molar-refractivity contribution in [2.75, 3.05) is 7.11 Å². The normalized spacial score (nSPS) is 13.6. The molecule has 0 fully saturated rings. The van der Waals surface area contributed by atoms with Crippen LogP contribution in [-0.4, -0.2) is 51.4 Å². The zero-order valence-corrected chi connectivity index (χ0v) is 22.8. The molecule has 0 saturated carbocycles. The van der Waals surface area contributed by atoms with Crippen LogP contribution < -0.4 is 5.32 Å². The van der Waals surface area contributed by atoms with Crippen LogP contribution in [0, 0.1) is 5.41 Å². The quantitative estimate of drug-likeness (QED) is 0.339. The first kappa shape index (κ1) is 28.1. The summed E-state index contributed by atoms with van der Waals surface area (Å²) in [5.74, 6) is -1.21. The molecule has 2 aromatic heterocycles. The molecule has 0 radical (unpaired) electrons. The molecule has 2 N–H and O–H groups in total. The number of para-hydroxylation sites is 1. The third kappa shape index (κ3) is 6.86. The fourth-order valence-electron chi connectivity index (χ4n) is 3.62. The summed E-state index contributed by atoms with van der Waals surface area (Å²) in [6, 6.07) is 6.38. The van der Waals surface area contributed by atoms with Gasteiger partial charge < -0.3 is 29.2 Å². The van der Waals surface area contributed by atoms with Crippen molar-refractivity contribution < 1.29 is 33.7 Å². The SMILES string of the molecule is COC(=O)c1csc(C(O)c2cn(COC(=O)C(NC(=O)OC(C)(C)C)C(C)(C)C)c3ccccc23)n1. The van der Waals surface area contributed by atoms with Crippen molar-refractivity contribution in [3.05, 3.63) is 52.1 Å². The number of aliphatic hydroxyl groups excluding tert-OH is 1. The molecule has 3 aromatic rings. The molecule has 200 valence electrons. The highest BCUT2D eigenvalue weighted by atomic mass is 32.1. The number of carbonyl (C=O) groups is 3. The summed E-state index contributed by atoms with van der Waals surface area (Å²) in [5.41, 5.74) is 0.0198. The Labute approximate surface area is 219 Å². The number of esters is 2. The molecule has 0 bridgehead atoms. The Kier molecular flexibility index (Phi) is 8.28. The van der Waals surface area contributed by atoms with Gasteiger partial charge in [0, 0.05) is 22.5 Å². The molecule has 10 nitrogen and oxygen atoms in total. The monoisotopic (exact) mass is 531 g/mol. The van der Waals surface area contributed by atoms with E-state index < -0.39 is 41.2 Å². The summed E-state index contributed by atoms with van der Waals surface area (Å²) in [6.45, 7) is 10.5. The molecule has 0 aliphatic heterocycles. The molecule has 0 aliphatic rings. The molecule has 1 aromatic carbocycles. The van der Waals surface area contributed by atoms with Crippen molar-refractivity contribution in [3.63, 3.8) is 0 Å². The Morgan fingerprint density at radius 3 is 2.43 bits per heavy atom. The average Bonchev–Trinajstić information content (AvgIpc) is 3.44. The molecule has 2 atom stereocenters.